The molecule has 27 heavy (non-hydrogen) atoms. The summed E-state index contributed by atoms with van der Waals surface area (Å²) in [6.07, 6.45) is 0. The van der Waals surface area contributed by atoms with E-state index in [1.54, 1.807) is 14.2 Å². The highest BCUT2D eigenvalue weighted by molar-refractivity contribution is 5.81. The van der Waals surface area contributed by atoms with Gasteiger partial charge in [0.1, 0.15) is 12.4 Å². The highest BCUT2D eigenvalue weighted by Crippen LogP contribution is 2.28. The van der Waals surface area contributed by atoms with Gasteiger partial charge in [-0.2, -0.15) is 0 Å². The molecular weight excluding hydrogens is 342 g/mol. The zero-order chi connectivity index (χ0) is 19.4. The van der Waals surface area contributed by atoms with E-state index < -0.39 is 0 Å². The molecule has 0 saturated heterocycles. The van der Waals surface area contributed by atoms with Crippen molar-refractivity contribution in [1.29, 1.82) is 0 Å². The molecule has 0 atom stereocenters. The number of fused-ring (bicyclic) bond motifs is 1. The fourth-order valence-electron chi connectivity index (χ4n) is 3.21. The third-order valence-electron chi connectivity index (χ3n) is 4.69. The molecule has 6 nitrogen and oxygen atoms in total. The Morgan fingerprint density at radius 2 is 1.85 bits per heavy atom. The summed E-state index contributed by atoms with van der Waals surface area (Å²) in [5, 5.41) is 0. The van der Waals surface area contributed by atoms with E-state index in [0.29, 0.717) is 24.6 Å². The van der Waals surface area contributed by atoms with Crippen LogP contribution in [0.1, 0.15) is 18.3 Å². The molecule has 6 heteroatoms. The first-order chi connectivity index (χ1) is 13.1. The Hall–Kier alpha value is -3.02. The van der Waals surface area contributed by atoms with Gasteiger partial charge in [0.05, 0.1) is 25.3 Å². The first kappa shape index (κ1) is 18.8. The van der Waals surface area contributed by atoms with Crippen molar-refractivity contribution in [3.63, 3.8) is 0 Å². The summed E-state index contributed by atoms with van der Waals surface area (Å²) in [4.78, 5) is 19.3. The fraction of sp³-hybridized carbons (Fsp3) is 0.333. The van der Waals surface area contributed by atoms with Crippen LogP contribution in [-0.4, -0.2) is 41.1 Å². The lowest BCUT2D eigenvalue weighted by molar-refractivity contribution is -0.132. The first-order valence-electron chi connectivity index (χ1n) is 8.98. The minimum Gasteiger partial charge on any atom is -0.493 e. The second-order valence-electron chi connectivity index (χ2n) is 6.33. The van der Waals surface area contributed by atoms with E-state index in [9.17, 15) is 4.79 Å². The molecule has 3 aromatic rings. The lowest BCUT2D eigenvalue weighted by Gasteiger charge is -2.22. The maximum Gasteiger partial charge on any atom is 0.242 e. The number of para-hydroxylation sites is 2. The molecule has 3 rings (SSSR count). The number of nitrogens with zero attached hydrogens (tertiary/aromatic N) is 3. The molecular formula is C21H25N3O3. The molecule has 0 aliphatic rings. The highest BCUT2D eigenvalue weighted by Gasteiger charge is 2.17. The molecule has 1 heterocycles. The highest BCUT2D eigenvalue weighted by atomic mass is 16.5. The molecule has 142 valence electrons. The summed E-state index contributed by atoms with van der Waals surface area (Å²) in [6, 6.07) is 13.6. The van der Waals surface area contributed by atoms with E-state index in [1.807, 2.05) is 65.8 Å². The van der Waals surface area contributed by atoms with Crippen LogP contribution in [0.2, 0.25) is 0 Å². The summed E-state index contributed by atoms with van der Waals surface area (Å²) in [5.41, 5.74) is 2.88. The molecule has 1 aromatic heterocycles. The zero-order valence-electron chi connectivity index (χ0n) is 16.2. The largest absolute Gasteiger partial charge is 0.493 e. The van der Waals surface area contributed by atoms with Gasteiger partial charge in [0.25, 0.3) is 0 Å². The van der Waals surface area contributed by atoms with Crippen LogP contribution in [0.5, 0.6) is 11.5 Å². The topological polar surface area (TPSA) is 56.6 Å². The van der Waals surface area contributed by atoms with Crippen molar-refractivity contribution in [3.8, 4) is 11.5 Å². The summed E-state index contributed by atoms with van der Waals surface area (Å²) in [5.74, 6) is 2.23. The number of hydrogen-bond acceptors (Lipinski definition) is 4. The first-order valence-corrected chi connectivity index (χ1v) is 8.98. The Labute approximate surface area is 159 Å². The number of carbonyl (C=O) groups is 1. The van der Waals surface area contributed by atoms with Crippen LogP contribution in [-0.2, 0) is 17.9 Å². The van der Waals surface area contributed by atoms with Gasteiger partial charge >= 0.3 is 0 Å². The van der Waals surface area contributed by atoms with Gasteiger partial charge in [-0.3, -0.25) is 4.79 Å². The quantitative estimate of drug-likeness (QED) is 0.642. The van der Waals surface area contributed by atoms with Gasteiger partial charge in [0.2, 0.25) is 5.91 Å². The van der Waals surface area contributed by atoms with Crippen molar-refractivity contribution in [2.75, 3.05) is 20.8 Å². The smallest absolute Gasteiger partial charge is 0.242 e. The van der Waals surface area contributed by atoms with Crippen molar-refractivity contribution in [2.45, 2.75) is 26.9 Å². The average Bonchev–Trinajstić information content (AvgIpc) is 3.01. The number of methoxy groups -OCH3 is 2. The van der Waals surface area contributed by atoms with Gasteiger partial charge in [-0.1, -0.05) is 18.2 Å². The third kappa shape index (κ3) is 3.89. The number of aryl methyl sites for hydroxylation is 1. The Morgan fingerprint density at radius 3 is 2.56 bits per heavy atom. The average molecular weight is 367 g/mol. The minimum absolute atomic E-state index is 0.0542. The standard InChI is InChI=1S/C21H25N3O3/c1-5-23(13-16-10-11-19(26-3)20(12-16)27-4)21(25)14-24-15(2)22-17-8-6-7-9-18(17)24/h6-12H,5,13-14H2,1-4H3. The monoisotopic (exact) mass is 367 g/mol. The normalized spacial score (nSPS) is 10.8. The second kappa shape index (κ2) is 8.12. The van der Waals surface area contributed by atoms with Gasteiger partial charge in [-0.15, -0.1) is 0 Å². The van der Waals surface area contributed by atoms with Crippen LogP contribution < -0.4 is 9.47 Å². The molecule has 0 spiro atoms. The number of benzene rings is 2. The molecule has 0 aliphatic carbocycles. The Kier molecular flexibility index (Phi) is 5.64. The van der Waals surface area contributed by atoms with E-state index in [-0.39, 0.29) is 12.5 Å². The number of ether oxygens (including phenoxy) is 2. The van der Waals surface area contributed by atoms with Crippen LogP contribution in [0.25, 0.3) is 11.0 Å². The maximum atomic E-state index is 12.9. The Bertz CT molecular complexity index is 949. The van der Waals surface area contributed by atoms with E-state index in [0.717, 1.165) is 22.4 Å². The summed E-state index contributed by atoms with van der Waals surface area (Å²) in [6.45, 7) is 5.32. The predicted octanol–water partition coefficient (Wildman–Crippen LogP) is 3.41. The molecule has 2 aromatic carbocycles. The van der Waals surface area contributed by atoms with E-state index in [2.05, 4.69) is 4.98 Å². The summed E-state index contributed by atoms with van der Waals surface area (Å²) in [7, 11) is 3.22. The summed E-state index contributed by atoms with van der Waals surface area (Å²) < 4.78 is 12.6. The van der Waals surface area contributed by atoms with E-state index in [4.69, 9.17) is 9.47 Å². The Balaban J connectivity index is 1.79. The number of rotatable bonds is 7. The van der Waals surface area contributed by atoms with Crippen LogP contribution in [0.4, 0.5) is 0 Å². The molecule has 0 bridgehead atoms. The van der Waals surface area contributed by atoms with Gasteiger partial charge < -0.3 is 18.9 Å². The van der Waals surface area contributed by atoms with Gasteiger partial charge in [-0.25, -0.2) is 4.98 Å². The number of hydrogen-bond donors (Lipinski definition) is 0. The van der Waals surface area contributed by atoms with Crippen LogP contribution in [0.3, 0.4) is 0 Å². The predicted molar refractivity (Wildman–Crippen MR) is 105 cm³/mol. The molecule has 0 N–H and O–H groups in total. The Morgan fingerprint density at radius 1 is 1.11 bits per heavy atom. The van der Waals surface area contributed by atoms with Crippen molar-refractivity contribution in [2.24, 2.45) is 0 Å². The number of likely N-dealkylation sites (N-methyl/N-ethyl adjacent to an activating group) is 1. The van der Waals surface area contributed by atoms with Crippen LogP contribution in [0.15, 0.2) is 42.5 Å². The lowest BCUT2D eigenvalue weighted by Crippen LogP contribution is -2.33. The van der Waals surface area contributed by atoms with Crippen molar-refractivity contribution in [3.05, 3.63) is 53.9 Å². The molecule has 0 aliphatic heterocycles. The van der Waals surface area contributed by atoms with Crippen LogP contribution in [0, 0.1) is 6.92 Å². The number of amides is 1. The fourth-order valence-corrected chi connectivity index (χ4v) is 3.21. The van der Waals surface area contributed by atoms with Gasteiger partial charge in [0.15, 0.2) is 11.5 Å². The molecule has 1 amide bonds. The van der Waals surface area contributed by atoms with E-state index >= 15 is 0 Å². The molecule has 0 unspecified atom stereocenters. The third-order valence-corrected chi connectivity index (χ3v) is 4.69. The molecule has 0 radical (unpaired) electrons. The van der Waals surface area contributed by atoms with E-state index in [1.165, 1.54) is 0 Å². The maximum absolute atomic E-state index is 12.9. The van der Waals surface area contributed by atoms with Crippen molar-refractivity contribution in [1.82, 2.24) is 14.5 Å². The lowest BCUT2D eigenvalue weighted by atomic mass is 10.2. The van der Waals surface area contributed by atoms with Gasteiger partial charge in [-0.05, 0) is 43.7 Å². The molecule has 0 saturated carbocycles. The minimum atomic E-state index is 0.0542. The van der Waals surface area contributed by atoms with Crippen molar-refractivity contribution >= 4 is 16.9 Å². The zero-order valence-corrected chi connectivity index (χ0v) is 16.2. The van der Waals surface area contributed by atoms with Gasteiger partial charge in [0, 0.05) is 13.1 Å². The summed E-state index contributed by atoms with van der Waals surface area (Å²) >= 11 is 0. The number of aromatic nitrogens is 2. The van der Waals surface area contributed by atoms with Crippen molar-refractivity contribution < 1.29 is 14.3 Å². The SMILES string of the molecule is CCN(Cc1ccc(OC)c(OC)c1)C(=O)Cn1c(C)nc2ccccc21. The number of imidazole rings is 1. The second-order valence-corrected chi connectivity index (χ2v) is 6.33. The number of carbonyl (C=O) groups excluding carboxylic acids is 1. The molecule has 0 fully saturated rings. The van der Waals surface area contributed by atoms with Crippen LogP contribution >= 0.6 is 0 Å².